The van der Waals surface area contributed by atoms with Crippen molar-refractivity contribution in [3.63, 3.8) is 0 Å². The first kappa shape index (κ1) is 29.7. The van der Waals surface area contributed by atoms with Crippen LogP contribution >= 0.6 is 0 Å². The summed E-state index contributed by atoms with van der Waals surface area (Å²) in [5.41, 5.74) is -1.60. The number of hydrogen-bond donors (Lipinski definition) is 4. The van der Waals surface area contributed by atoms with E-state index in [1.165, 1.54) is 39.3 Å². The Labute approximate surface area is 237 Å². The highest BCUT2D eigenvalue weighted by molar-refractivity contribution is 5.07. The highest BCUT2D eigenvalue weighted by atomic mass is 16.5. The molecule has 3 aromatic rings. The Hall–Kier alpha value is -3.74. The van der Waals surface area contributed by atoms with Crippen LogP contribution in [0.15, 0.2) is 37.8 Å². The Bertz CT molecular complexity index is 1690. The number of aromatic nitrogens is 7. The van der Waals surface area contributed by atoms with Crippen LogP contribution in [-0.2, 0) is 29.1 Å². The van der Waals surface area contributed by atoms with E-state index in [1.807, 2.05) is 0 Å². The van der Waals surface area contributed by atoms with Crippen LogP contribution in [0.1, 0.15) is 42.1 Å². The van der Waals surface area contributed by atoms with E-state index < -0.39 is 72.6 Å². The second-order valence-corrected chi connectivity index (χ2v) is 10.6. The highest BCUT2D eigenvalue weighted by Gasteiger charge is 2.36. The lowest BCUT2D eigenvalue weighted by Gasteiger charge is -2.17. The van der Waals surface area contributed by atoms with Crippen LogP contribution in [0.5, 0.6) is 0 Å². The van der Waals surface area contributed by atoms with Gasteiger partial charge in [-0.15, -0.1) is 5.10 Å². The fourth-order valence-electron chi connectivity index (χ4n) is 5.25. The smallest absolute Gasteiger partial charge is 0.333 e. The largest absolute Gasteiger partial charge is 0.394 e. The van der Waals surface area contributed by atoms with Crippen molar-refractivity contribution in [2.75, 3.05) is 13.2 Å². The molecule has 0 aromatic carbocycles. The summed E-state index contributed by atoms with van der Waals surface area (Å²) in [4.78, 5) is 51.9. The van der Waals surface area contributed by atoms with E-state index in [-0.39, 0.29) is 49.3 Å². The molecule has 6 atom stereocenters. The average Bonchev–Trinajstić information content (AvgIpc) is 3.68. The fraction of sp³-hybridized carbons (Fsp3) is 0.600. The Balaban J connectivity index is 1.34. The van der Waals surface area contributed by atoms with Crippen molar-refractivity contribution < 1.29 is 29.9 Å². The van der Waals surface area contributed by atoms with E-state index in [4.69, 9.17) is 9.47 Å². The van der Waals surface area contributed by atoms with E-state index in [0.29, 0.717) is 0 Å². The average molecular weight is 592 g/mol. The number of nitrogens with zero attached hydrogens (tertiary/aromatic N) is 7. The van der Waals surface area contributed by atoms with Gasteiger partial charge in [-0.3, -0.25) is 32.5 Å². The van der Waals surface area contributed by atoms with Crippen LogP contribution in [0.25, 0.3) is 0 Å². The van der Waals surface area contributed by atoms with Crippen molar-refractivity contribution in [3.8, 4) is 0 Å². The van der Waals surface area contributed by atoms with Gasteiger partial charge in [-0.1, -0.05) is 5.21 Å². The minimum atomic E-state index is -0.966. The molecule has 17 nitrogen and oxygen atoms in total. The van der Waals surface area contributed by atoms with Gasteiger partial charge >= 0.3 is 11.4 Å². The third-order valence-electron chi connectivity index (χ3n) is 7.58. The van der Waals surface area contributed by atoms with Gasteiger partial charge in [-0.05, 0) is 13.8 Å². The SMILES string of the molecule is Cc1cn([C@H]2C[C@H](O)[C@@H](CO)O2)c(=O)n(CCn2cc(Cn3c(=O)c(C)cn([C@H]4C[C@H](O)[C@@H](CO)O4)c3=O)nn2)c1=O. The molecule has 3 aromatic heterocycles. The number of aryl methyl sites for hydroxylation is 3. The molecule has 17 heteroatoms. The monoisotopic (exact) mass is 591 g/mol. The molecule has 0 saturated carbocycles. The maximum absolute atomic E-state index is 13.2. The highest BCUT2D eigenvalue weighted by Crippen LogP contribution is 2.28. The van der Waals surface area contributed by atoms with Crippen LogP contribution in [-0.4, -0.2) is 91.3 Å². The van der Waals surface area contributed by atoms with Gasteiger partial charge in [0.05, 0.1) is 51.3 Å². The number of aliphatic hydroxyl groups is 4. The molecular formula is C25H33N7O10. The molecule has 2 saturated heterocycles. The summed E-state index contributed by atoms with van der Waals surface area (Å²) in [5.74, 6) is 0. The molecule has 2 aliphatic rings. The molecule has 228 valence electrons. The van der Waals surface area contributed by atoms with Gasteiger partial charge in [0.2, 0.25) is 0 Å². The van der Waals surface area contributed by atoms with Crippen molar-refractivity contribution >= 4 is 0 Å². The third-order valence-corrected chi connectivity index (χ3v) is 7.58. The molecule has 0 bridgehead atoms. The van der Waals surface area contributed by atoms with E-state index >= 15 is 0 Å². The summed E-state index contributed by atoms with van der Waals surface area (Å²) >= 11 is 0. The molecule has 0 aliphatic carbocycles. The van der Waals surface area contributed by atoms with Crippen LogP contribution in [0, 0.1) is 13.8 Å². The van der Waals surface area contributed by atoms with Crippen molar-refractivity contribution in [1.82, 2.24) is 33.3 Å². The predicted molar refractivity (Wildman–Crippen MR) is 142 cm³/mol. The summed E-state index contributed by atoms with van der Waals surface area (Å²) in [6, 6.07) is 0. The van der Waals surface area contributed by atoms with E-state index in [9.17, 15) is 39.6 Å². The number of ether oxygens (including phenoxy) is 2. The first-order chi connectivity index (χ1) is 20.0. The van der Waals surface area contributed by atoms with Crippen LogP contribution in [0.3, 0.4) is 0 Å². The van der Waals surface area contributed by atoms with Crippen molar-refractivity contribution in [2.45, 2.75) is 83.2 Å². The normalized spacial score (nSPS) is 25.9. The minimum absolute atomic E-state index is 0.0579. The third kappa shape index (κ3) is 5.53. The minimum Gasteiger partial charge on any atom is -0.394 e. The van der Waals surface area contributed by atoms with E-state index in [1.54, 1.807) is 6.92 Å². The molecular weight excluding hydrogens is 558 g/mol. The van der Waals surface area contributed by atoms with Crippen molar-refractivity contribution in [3.05, 3.63) is 77.1 Å². The summed E-state index contributed by atoms with van der Waals surface area (Å²) in [6.07, 6.45) is -0.988. The Morgan fingerprint density at radius 1 is 0.786 bits per heavy atom. The molecule has 42 heavy (non-hydrogen) atoms. The van der Waals surface area contributed by atoms with E-state index in [0.717, 1.165) is 9.13 Å². The maximum atomic E-state index is 13.2. The molecule has 2 fully saturated rings. The molecule has 0 spiro atoms. The van der Waals surface area contributed by atoms with Crippen molar-refractivity contribution in [1.29, 1.82) is 0 Å². The van der Waals surface area contributed by atoms with Gasteiger partial charge < -0.3 is 29.9 Å². The summed E-state index contributed by atoms with van der Waals surface area (Å²) in [5, 5.41) is 46.9. The van der Waals surface area contributed by atoms with Crippen LogP contribution in [0.4, 0.5) is 0 Å². The topological polar surface area (TPSA) is 218 Å². The lowest BCUT2D eigenvalue weighted by Crippen LogP contribution is -2.43. The van der Waals surface area contributed by atoms with Gasteiger partial charge in [0.15, 0.2) is 0 Å². The van der Waals surface area contributed by atoms with Gasteiger partial charge in [0.25, 0.3) is 11.1 Å². The molecule has 2 aliphatic heterocycles. The lowest BCUT2D eigenvalue weighted by atomic mass is 10.2. The van der Waals surface area contributed by atoms with E-state index in [2.05, 4.69) is 10.3 Å². The zero-order valence-electron chi connectivity index (χ0n) is 23.0. The quantitative estimate of drug-likeness (QED) is 0.191. The number of hydrogen-bond acceptors (Lipinski definition) is 12. The standard InChI is InChI=1S/C25H33N7O10/c1-13-7-30(20-5-16(35)18(11-33)41-20)24(39)29(22(13)37)4-3-28-9-15(26-27-28)10-32-23(38)14(2)8-31(25(32)40)21-6-17(36)19(12-34)42-21/h7-9,16-21,33-36H,3-6,10-12H2,1-2H3/t16-,17-,18+,19+,20+,21+/m0/s1. The fourth-order valence-corrected chi connectivity index (χ4v) is 5.25. The van der Waals surface area contributed by atoms with Gasteiger partial charge in [-0.2, -0.15) is 0 Å². The summed E-state index contributed by atoms with van der Waals surface area (Å²) < 4.78 is 16.9. The van der Waals surface area contributed by atoms with Crippen LogP contribution < -0.4 is 22.5 Å². The molecule has 0 radical (unpaired) electrons. The summed E-state index contributed by atoms with van der Waals surface area (Å²) in [6.45, 7) is 2.01. The molecule has 5 heterocycles. The number of aliphatic hydroxyl groups excluding tert-OH is 4. The van der Waals surface area contributed by atoms with Crippen molar-refractivity contribution in [2.24, 2.45) is 0 Å². The first-order valence-electron chi connectivity index (χ1n) is 13.4. The second kappa shape index (κ2) is 11.9. The Morgan fingerprint density at radius 3 is 1.79 bits per heavy atom. The van der Waals surface area contributed by atoms with Crippen LogP contribution in [0.2, 0.25) is 0 Å². The Kier molecular flexibility index (Phi) is 8.40. The summed E-state index contributed by atoms with van der Waals surface area (Å²) in [7, 11) is 0. The molecule has 0 amide bonds. The maximum Gasteiger partial charge on any atom is 0.333 e. The molecule has 0 unspecified atom stereocenters. The lowest BCUT2D eigenvalue weighted by molar-refractivity contribution is -0.0464. The first-order valence-corrected chi connectivity index (χ1v) is 13.4. The van der Waals surface area contributed by atoms with Gasteiger partial charge in [-0.25, -0.2) is 9.59 Å². The Morgan fingerprint density at radius 2 is 1.29 bits per heavy atom. The van der Waals surface area contributed by atoms with Gasteiger partial charge in [0.1, 0.15) is 30.4 Å². The zero-order valence-corrected chi connectivity index (χ0v) is 23.0. The second-order valence-electron chi connectivity index (χ2n) is 10.6. The zero-order chi connectivity index (χ0) is 30.3. The molecule has 4 N–H and O–H groups in total. The van der Waals surface area contributed by atoms with Gasteiger partial charge in [0, 0.05) is 36.4 Å². The molecule has 5 rings (SSSR count). The predicted octanol–water partition coefficient (Wildman–Crippen LogP) is -3.43. The number of rotatable bonds is 9.